The molecular formula is C15H16N2OS. The highest BCUT2D eigenvalue weighted by molar-refractivity contribution is 7.13. The summed E-state index contributed by atoms with van der Waals surface area (Å²) in [6.07, 6.45) is 2.90. The van der Waals surface area contributed by atoms with Crippen LogP contribution in [-0.4, -0.2) is 29.3 Å². The van der Waals surface area contributed by atoms with Crippen LogP contribution in [0.15, 0.2) is 30.3 Å². The number of benzene rings is 1. The Hall–Kier alpha value is -1.52. The molecule has 19 heavy (non-hydrogen) atoms. The van der Waals surface area contributed by atoms with Crippen LogP contribution in [0, 0.1) is 0 Å². The first-order chi connectivity index (χ1) is 9.35. The monoisotopic (exact) mass is 272 g/mol. The van der Waals surface area contributed by atoms with Gasteiger partial charge in [-0.3, -0.25) is 9.69 Å². The molecule has 98 valence electrons. The molecule has 0 saturated carbocycles. The lowest BCUT2D eigenvalue weighted by molar-refractivity contribution is 0.112. The van der Waals surface area contributed by atoms with Crippen LogP contribution in [0.2, 0.25) is 0 Å². The normalized spacial score (nSPS) is 15.2. The Balaban J connectivity index is 1.61. The van der Waals surface area contributed by atoms with E-state index in [9.17, 15) is 4.79 Å². The first-order valence-electron chi connectivity index (χ1n) is 6.55. The Labute approximate surface area is 116 Å². The van der Waals surface area contributed by atoms with E-state index in [1.54, 1.807) is 0 Å². The Kier molecular flexibility index (Phi) is 3.71. The van der Waals surface area contributed by atoms with Crippen LogP contribution in [0.4, 0.5) is 0 Å². The highest BCUT2D eigenvalue weighted by atomic mass is 32.1. The SMILES string of the molecule is O=Cc1nc2c(s1)CN(CCc1ccccc1)CC2. The maximum atomic E-state index is 10.8. The van der Waals surface area contributed by atoms with E-state index < -0.39 is 0 Å². The van der Waals surface area contributed by atoms with Gasteiger partial charge in [-0.1, -0.05) is 30.3 Å². The summed E-state index contributed by atoms with van der Waals surface area (Å²) in [5.74, 6) is 0. The van der Waals surface area contributed by atoms with Crippen molar-refractivity contribution in [2.75, 3.05) is 13.1 Å². The first kappa shape index (κ1) is 12.5. The molecule has 0 aliphatic carbocycles. The van der Waals surface area contributed by atoms with Gasteiger partial charge in [-0.05, 0) is 12.0 Å². The average Bonchev–Trinajstić information content (AvgIpc) is 2.88. The van der Waals surface area contributed by atoms with Crippen molar-refractivity contribution < 1.29 is 4.79 Å². The largest absolute Gasteiger partial charge is 0.297 e. The lowest BCUT2D eigenvalue weighted by atomic mass is 10.1. The van der Waals surface area contributed by atoms with Crippen molar-refractivity contribution in [3.63, 3.8) is 0 Å². The molecule has 1 aliphatic heterocycles. The van der Waals surface area contributed by atoms with Gasteiger partial charge in [0.05, 0.1) is 5.69 Å². The number of hydrogen-bond donors (Lipinski definition) is 0. The summed E-state index contributed by atoms with van der Waals surface area (Å²) in [5.41, 5.74) is 2.51. The molecule has 0 N–H and O–H groups in total. The predicted octanol–water partition coefficient (Wildman–Crippen LogP) is 2.56. The topological polar surface area (TPSA) is 33.2 Å². The Morgan fingerprint density at radius 3 is 2.95 bits per heavy atom. The zero-order valence-electron chi connectivity index (χ0n) is 10.7. The number of carbonyl (C=O) groups is 1. The van der Waals surface area contributed by atoms with Crippen LogP contribution >= 0.6 is 11.3 Å². The molecule has 0 bridgehead atoms. The zero-order valence-corrected chi connectivity index (χ0v) is 11.5. The summed E-state index contributed by atoms with van der Waals surface area (Å²) in [7, 11) is 0. The Morgan fingerprint density at radius 1 is 1.32 bits per heavy atom. The third kappa shape index (κ3) is 2.91. The molecule has 1 aromatic carbocycles. The van der Waals surface area contributed by atoms with Crippen LogP contribution in [0.1, 0.15) is 25.9 Å². The molecule has 4 heteroatoms. The van der Waals surface area contributed by atoms with Gasteiger partial charge in [0, 0.05) is 30.9 Å². The third-order valence-electron chi connectivity index (χ3n) is 3.49. The number of fused-ring (bicyclic) bond motifs is 1. The van der Waals surface area contributed by atoms with E-state index in [4.69, 9.17) is 0 Å². The molecule has 0 saturated heterocycles. The minimum atomic E-state index is 0.620. The van der Waals surface area contributed by atoms with E-state index in [0.717, 1.165) is 44.5 Å². The van der Waals surface area contributed by atoms with Gasteiger partial charge in [0.25, 0.3) is 0 Å². The molecule has 0 fully saturated rings. The number of rotatable bonds is 4. The average molecular weight is 272 g/mol. The highest BCUT2D eigenvalue weighted by Gasteiger charge is 2.20. The molecule has 0 atom stereocenters. The lowest BCUT2D eigenvalue weighted by Gasteiger charge is -2.25. The van der Waals surface area contributed by atoms with Gasteiger partial charge in [0.15, 0.2) is 11.3 Å². The van der Waals surface area contributed by atoms with Crippen molar-refractivity contribution in [1.82, 2.24) is 9.88 Å². The third-order valence-corrected chi connectivity index (χ3v) is 4.49. The van der Waals surface area contributed by atoms with Crippen LogP contribution in [0.3, 0.4) is 0 Å². The molecule has 0 unspecified atom stereocenters. The number of nitrogens with zero attached hydrogens (tertiary/aromatic N) is 2. The van der Waals surface area contributed by atoms with Gasteiger partial charge >= 0.3 is 0 Å². The van der Waals surface area contributed by atoms with Gasteiger partial charge in [0.1, 0.15) is 0 Å². The zero-order chi connectivity index (χ0) is 13.1. The molecule has 0 spiro atoms. The minimum Gasteiger partial charge on any atom is -0.297 e. The second kappa shape index (κ2) is 5.63. The first-order valence-corrected chi connectivity index (χ1v) is 7.37. The van der Waals surface area contributed by atoms with Crippen molar-refractivity contribution in [2.24, 2.45) is 0 Å². The van der Waals surface area contributed by atoms with Gasteiger partial charge in [0.2, 0.25) is 0 Å². The number of thiazole rings is 1. The molecule has 3 nitrogen and oxygen atoms in total. The number of aldehydes is 1. The summed E-state index contributed by atoms with van der Waals surface area (Å²) >= 11 is 1.54. The number of hydrogen-bond acceptors (Lipinski definition) is 4. The smallest absolute Gasteiger partial charge is 0.178 e. The van der Waals surface area contributed by atoms with Gasteiger partial charge in [-0.15, -0.1) is 11.3 Å². The van der Waals surface area contributed by atoms with E-state index in [1.165, 1.54) is 21.8 Å². The Bertz CT molecular complexity index is 565. The van der Waals surface area contributed by atoms with E-state index in [1.807, 2.05) is 0 Å². The standard InChI is InChI=1S/C15H16N2OS/c18-11-15-16-13-7-9-17(10-14(13)19-15)8-6-12-4-2-1-3-5-12/h1-5,11H,6-10H2. The lowest BCUT2D eigenvalue weighted by Crippen LogP contribution is -2.31. The highest BCUT2D eigenvalue weighted by Crippen LogP contribution is 2.24. The Morgan fingerprint density at radius 2 is 2.16 bits per heavy atom. The quantitative estimate of drug-likeness (QED) is 0.802. The van der Waals surface area contributed by atoms with Crippen molar-refractivity contribution in [1.29, 1.82) is 0 Å². The fraction of sp³-hybridized carbons (Fsp3) is 0.333. The summed E-state index contributed by atoms with van der Waals surface area (Å²) in [6.45, 7) is 3.05. The van der Waals surface area contributed by atoms with Crippen LogP contribution in [0.25, 0.3) is 0 Å². The summed E-state index contributed by atoms with van der Waals surface area (Å²) in [6, 6.07) is 10.6. The number of carbonyl (C=O) groups excluding carboxylic acids is 1. The van der Waals surface area contributed by atoms with Crippen LogP contribution in [-0.2, 0) is 19.4 Å². The van der Waals surface area contributed by atoms with E-state index in [0.29, 0.717) is 5.01 Å². The van der Waals surface area contributed by atoms with E-state index in [-0.39, 0.29) is 0 Å². The summed E-state index contributed by atoms with van der Waals surface area (Å²) in [5, 5.41) is 0.620. The van der Waals surface area contributed by atoms with Crippen molar-refractivity contribution >= 4 is 17.6 Å². The number of aromatic nitrogens is 1. The van der Waals surface area contributed by atoms with Crippen LogP contribution < -0.4 is 0 Å². The molecule has 0 radical (unpaired) electrons. The second-order valence-electron chi connectivity index (χ2n) is 4.80. The molecule has 3 rings (SSSR count). The maximum Gasteiger partial charge on any atom is 0.178 e. The summed E-state index contributed by atoms with van der Waals surface area (Å²) < 4.78 is 0. The predicted molar refractivity (Wildman–Crippen MR) is 76.6 cm³/mol. The van der Waals surface area contributed by atoms with Crippen LogP contribution in [0.5, 0.6) is 0 Å². The molecule has 1 aromatic heterocycles. The summed E-state index contributed by atoms with van der Waals surface area (Å²) in [4.78, 5) is 18.8. The molecular weight excluding hydrogens is 256 g/mol. The molecule has 0 amide bonds. The van der Waals surface area contributed by atoms with Gasteiger partial charge < -0.3 is 0 Å². The van der Waals surface area contributed by atoms with E-state index >= 15 is 0 Å². The minimum absolute atomic E-state index is 0.620. The van der Waals surface area contributed by atoms with Crippen molar-refractivity contribution in [2.45, 2.75) is 19.4 Å². The van der Waals surface area contributed by atoms with E-state index in [2.05, 4.69) is 40.2 Å². The fourth-order valence-corrected chi connectivity index (χ4v) is 3.41. The van der Waals surface area contributed by atoms with Gasteiger partial charge in [-0.2, -0.15) is 0 Å². The van der Waals surface area contributed by atoms with Crippen molar-refractivity contribution in [3.05, 3.63) is 51.5 Å². The molecule has 2 heterocycles. The van der Waals surface area contributed by atoms with Gasteiger partial charge in [-0.25, -0.2) is 4.98 Å². The second-order valence-corrected chi connectivity index (χ2v) is 5.92. The maximum absolute atomic E-state index is 10.8. The molecule has 1 aliphatic rings. The fourth-order valence-electron chi connectivity index (χ4n) is 2.44. The van der Waals surface area contributed by atoms with Crippen molar-refractivity contribution in [3.8, 4) is 0 Å². The molecule has 2 aromatic rings.